The number of halogens is 1. The second-order valence-electron chi connectivity index (χ2n) is 3.23. The molecular weight excluding hydrogens is 288 g/mol. The molecular formula is C11H11BrN2OS. The average Bonchev–Trinajstić information content (AvgIpc) is 2.77. The highest BCUT2D eigenvalue weighted by Crippen LogP contribution is 2.33. The normalized spacial score (nSPS) is 10.4. The van der Waals surface area contributed by atoms with Crippen molar-refractivity contribution in [1.82, 2.24) is 4.37 Å². The van der Waals surface area contributed by atoms with Crippen molar-refractivity contribution < 1.29 is 4.74 Å². The molecule has 0 fully saturated rings. The van der Waals surface area contributed by atoms with Gasteiger partial charge in [0, 0.05) is 21.5 Å². The van der Waals surface area contributed by atoms with E-state index in [1.165, 1.54) is 11.5 Å². The Morgan fingerprint density at radius 2 is 2.25 bits per heavy atom. The molecule has 2 rings (SSSR count). The van der Waals surface area contributed by atoms with Gasteiger partial charge >= 0.3 is 0 Å². The van der Waals surface area contributed by atoms with Gasteiger partial charge in [-0.15, -0.1) is 0 Å². The first-order chi connectivity index (χ1) is 7.74. The fraction of sp³-hybridized carbons (Fsp3) is 0.182. The van der Waals surface area contributed by atoms with Crippen LogP contribution in [0.3, 0.4) is 0 Å². The first-order valence-corrected chi connectivity index (χ1v) is 6.31. The number of rotatable bonds is 3. The monoisotopic (exact) mass is 298 g/mol. The lowest BCUT2D eigenvalue weighted by atomic mass is 10.1. The number of hydrogen-bond donors (Lipinski definition) is 1. The van der Waals surface area contributed by atoms with Crippen LogP contribution >= 0.6 is 27.5 Å². The lowest BCUT2D eigenvalue weighted by Crippen LogP contribution is -1.91. The quantitative estimate of drug-likeness (QED) is 0.947. The molecule has 0 saturated carbocycles. The topological polar surface area (TPSA) is 48.1 Å². The van der Waals surface area contributed by atoms with E-state index in [-0.39, 0.29) is 0 Å². The van der Waals surface area contributed by atoms with Crippen molar-refractivity contribution in [3.63, 3.8) is 0 Å². The molecule has 0 unspecified atom stereocenters. The molecule has 1 aromatic carbocycles. The van der Waals surface area contributed by atoms with Crippen molar-refractivity contribution in [2.75, 3.05) is 7.11 Å². The molecule has 0 amide bonds. The van der Waals surface area contributed by atoms with Crippen LogP contribution in [0.2, 0.25) is 0 Å². The van der Waals surface area contributed by atoms with Gasteiger partial charge in [-0.25, -0.2) is 0 Å². The third-order valence-electron chi connectivity index (χ3n) is 2.20. The molecule has 2 aromatic rings. The Balaban J connectivity index is 2.49. The molecule has 0 radical (unpaired) electrons. The van der Waals surface area contributed by atoms with Gasteiger partial charge in [0.05, 0.1) is 12.8 Å². The summed E-state index contributed by atoms with van der Waals surface area (Å²) in [5.74, 6) is 0.817. The molecule has 1 heterocycles. The third-order valence-corrected chi connectivity index (χ3v) is 3.50. The van der Waals surface area contributed by atoms with E-state index in [0.717, 1.165) is 26.4 Å². The second-order valence-corrected chi connectivity index (χ2v) is 5.03. The van der Waals surface area contributed by atoms with Gasteiger partial charge in [-0.2, -0.15) is 4.37 Å². The molecule has 3 nitrogen and oxygen atoms in total. The number of hydrogen-bond acceptors (Lipinski definition) is 4. The van der Waals surface area contributed by atoms with Gasteiger partial charge < -0.3 is 10.5 Å². The van der Waals surface area contributed by atoms with Crippen LogP contribution in [-0.4, -0.2) is 11.5 Å². The Morgan fingerprint density at radius 3 is 2.88 bits per heavy atom. The van der Waals surface area contributed by atoms with Gasteiger partial charge in [0.25, 0.3) is 0 Å². The molecule has 0 spiro atoms. The summed E-state index contributed by atoms with van der Waals surface area (Å²) in [6, 6.07) is 7.85. The van der Waals surface area contributed by atoms with Gasteiger partial charge in [0.15, 0.2) is 0 Å². The fourth-order valence-electron chi connectivity index (χ4n) is 1.42. The minimum atomic E-state index is 0.522. The van der Waals surface area contributed by atoms with Crippen LogP contribution in [0, 0.1) is 0 Å². The lowest BCUT2D eigenvalue weighted by molar-refractivity contribution is 0.416. The standard InChI is InChI=1S/C11H11BrN2OS/c1-15-11-3-2-7(12)4-9(11)10-5-8(6-13)16-14-10/h2-5H,6,13H2,1H3. The van der Waals surface area contributed by atoms with E-state index in [9.17, 15) is 0 Å². The smallest absolute Gasteiger partial charge is 0.128 e. The van der Waals surface area contributed by atoms with Gasteiger partial charge in [-0.1, -0.05) is 15.9 Å². The van der Waals surface area contributed by atoms with Gasteiger partial charge in [0.2, 0.25) is 0 Å². The maximum Gasteiger partial charge on any atom is 0.128 e. The molecule has 1 aromatic heterocycles. The van der Waals surface area contributed by atoms with Crippen LogP contribution in [0.15, 0.2) is 28.7 Å². The van der Waals surface area contributed by atoms with Gasteiger partial charge in [0.1, 0.15) is 5.75 Å². The summed E-state index contributed by atoms with van der Waals surface area (Å²) in [7, 11) is 1.66. The van der Waals surface area contributed by atoms with Crippen LogP contribution < -0.4 is 10.5 Å². The van der Waals surface area contributed by atoms with Crippen molar-refractivity contribution in [3.8, 4) is 17.0 Å². The van der Waals surface area contributed by atoms with Crippen molar-refractivity contribution in [3.05, 3.63) is 33.6 Å². The lowest BCUT2D eigenvalue weighted by Gasteiger charge is -2.06. The average molecular weight is 299 g/mol. The molecule has 2 N–H and O–H groups in total. The highest BCUT2D eigenvalue weighted by Gasteiger charge is 2.10. The van der Waals surface area contributed by atoms with E-state index in [2.05, 4.69) is 20.3 Å². The molecule has 84 valence electrons. The first kappa shape index (κ1) is 11.6. The maximum atomic E-state index is 5.57. The Hall–Kier alpha value is -0.910. The summed E-state index contributed by atoms with van der Waals surface area (Å²) < 4.78 is 10.7. The second kappa shape index (κ2) is 4.95. The van der Waals surface area contributed by atoms with Crippen LogP contribution in [0.1, 0.15) is 4.88 Å². The molecule has 0 aliphatic rings. The van der Waals surface area contributed by atoms with E-state index in [4.69, 9.17) is 10.5 Å². The Bertz CT molecular complexity index is 498. The zero-order chi connectivity index (χ0) is 11.5. The fourth-order valence-corrected chi connectivity index (χ4v) is 2.38. The summed E-state index contributed by atoms with van der Waals surface area (Å²) >= 11 is 4.87. The first-order valence-electron chi connectivity index (χ1n) is 4.74. The van der Waals surface area contributed by atoms with Crippen LogP contribution in [-0.2, 0) is 6.54 Å². The minimum absolute atomic E-state index is 0.522. The number of ether oxygens (including phenoxy) is 1. The largest absolute Gasteiger partial charge is 0.496 e. The van der Waals surface area contributed by atoms with Crippen molar-refractivity contribution in [2.45, 2.75) is 6.54 Å². The molecule has 0 aliphatic carbocycles. The van der Waals surface area contributed by atoms with Crippen molar-refractivity contribution in [2.24, 2.45) is 5.73 Å². The summed E-state index contributed by atoms with van der Waals surface area (Å²) in [6.07, 6.45) is 0. The van der Waals surface area contributed by atoms with E-state index >= 15 is 0 Å². The number of nitrogens with zero attached hydrogens (tertiary/aromatic N) is 1. The van der Waals surface area contributed by atoms with Crippen molar-refractivity contribution in [1.29, 1.82) is 0 Å². The maximum absolute atomic E-state index is 5.57. The Morgan fingerprint density at radius 1 is 1.44 bits per heavy atom. The zero-order valence-electron chi connectivity index (χ0n) is 8.74. The zero-order valence-corrected chi connectivity index (χ0v) is 11.1. The molecule has 0 atom stereocenters. The van der Waals surface area contributed by atoms with Gasteiger partial charge in [-0.05, 0) is 35.8 Å². The number of nitrogens with two attached hydrogens (primary N) is 1. The Labute approximate surface area is 107 Å². The van der Waals surface area contributed by atoms with E-state index in [1.807, 2.05) is 24.3 Å². The molecule has 16 heavy (non-hydrogen) atoms. The van der Waals surface area contributed by atoms with Crippen molar-refractivity contribution >= 4 is 27.5 Å². The molecule has 5 heteroatoms. The third kappa shape index (κ3) is 2.26. The highest BCUT2D eigenvalue weighted by atomic mass is 79.9. The van der Waals surface area contributed by atoms with E-state index in [0.29, 0.717) is 6.54 Å². The number of methoxy groups -OCH3 is 1. The summed E-state index contributed by atoms with van der Waals surface area (Å²) in [4.78, 5) is 1.07. The van der Waals surface area contributed by atoms with E-state index in [1.54, 1.807) is 7.11 Å². The predicted octanol–water partition coefficient (Wildman–Crippen LogP) is 3.04. The van der Waals surface area contributed by atoms with Crippen LogP contribution in [0.5, 0.6) is 5.75 Å². The number of benzene rings is 1. The van der Waals surface area contributed by atoms with Crippen LogP contribution in [0.4, 0.5) is 0 Å². The SMILES string of the molecule is COc1ccc(Br)cc1-c1cc(CN)sn1. The number of aromatic nitrogens is 1. The molecule has 0 aliphatic heterocycles. The van der Waals surface area contributed by atoms with Gasteiger partial charge in [-0.3, -0.25) is 0 Å². The predicted molar refractivity (Wildman–Crippen MR) is 69.7 cm³/mol. The molecule has 0 bridgehead atoms. The minimum Gasteiger partial charge on any atom is -0.496 e. The molecule has 0 saturated heterocycles. The highest BCUT2D eigenvalue weighted by molar-refractivity contribution is 9.10. The summed E-state index contributed by atoms with van der Waals surface area (Å²) in [5, 5.41) is 0. The van der Waals surface area contributed by atoms with Crippen LogP contribution in [0.25, 0.3) is 11.3 Å². The summed E-state index contributed by atoms with van der Waals surface area (Å²) in [6.45, 7) is 0.522. The Kier molecular flexibility index (Phi) is 3.58. The summed E-state index contributed by atoms with van der Waals surface area (Å²) in [5.41, 5.74) is 7.46. The van der Waals surface area contributed by atoms with E-state index < -0.39 is 0 Å².